The van der Waals surface area contributed by atoms with E-state index in [-0.39, 0.29) is 0 Å². The van der Waals surface area contributed by atoms with E-state index in [0.717, 1.165) is 62.4 Å². The zero-order valence-electron chi connectivity index (χ0n) is 18.9. The molecule has 4 heteroatoms. The van der Waals surface area contributed by atoms with E-state index in [1.807, 2.05) is 32.2 Å². The first-order valence-electron chi connectivity index (χ1n) is 10.8. The Hall–Kier alpha value is -3.92. The van der Waals surface area contributed by atoms with Gasteiger partial charge in [0.1, 0.15) is 5.69 Å². The number of allylic oxidation sites excluding steroid dienone is 12. The summed E-state index contributed by atoms with van der Waals surface area (Å²) in [5.74, 6) is 0. The molecule has 0 amide bonds. The monoisotopic (exact) mass is 420 g/mol. The minimum atomic E-state index is 0.881. The highest BCUT2D eigenvalue weighted by Gasteiger charge is 2.17. The molecule has 1 aliphatic carbocycles. The second-order valence-corrected chi connectivity index (χ2v) is 7.86. The highest BCUT2D eigenvalue weighted by Crippen LogP contribution is 2.35. The molecular weight excluding hydrogens is 392 g/mol. The number of H-pyrrole nitrogens is 2. The van der Waals surface area contributed by atoms with E-state index in [1.165, 1.54) is 5.57 Å². The molecule has 4 rings (SSSR count). The summed E-state index contributed by atoms with van der Waals surface area (Å²) in [6, 6.07) is 4.26. The van der Waals surface area contributed by atoms with Crippen LogP contribution in [0.1, 0.15) is 37.2 Å². The fraction of sp³-hybridized carbons (Fsp3) is 0.143. The number of pyridine rings is 1. The van der Waals surface area contributed by atoms with Crippen molar-refractivity contribution in [3.05, 3.63) is 108 Å². The van der Waals surface area contributed by atoms with Crippen molar-refractivity contribution in [3.63, 3.8) is 0 Å². The van der Waals surface area contributed by atoms with Gasteiger partial charge in [-0.25, -0.2) is 0 Å². The van der Waals surface area contributed by atoms with Crippen molar-refractivity contribution < 1.29 is 0 Å². The van der Waals surface area contributed by atoms with Crippen LogP contribution in [-0.2, 0) is 0 Å². The summed E-state index contributed by atoms with van der Waals surface area (Å²) < 4.78 is 0. The lowest BCUT2D eigenvalue weighted by Crippen LogP contribution is -1.88. The van der Waals surface area contributed by atoms with Crippen LogP contribution in [0.25, 0.3) is 33.4 Å². The second kappa shape index (κ2) is 9.06. The number of fused-ring (bicyclic) bond motifs is 1. The van der Waals surface area contributed by atoms with E-state index in [4.69, 9.17) is 0 Å². The van der Waals surface area contributed by atoms with Gasteiger partial charge in [0.2, 0.25) is 0 Å². The Labute approximate surface area is 189 Å². The summed E-state index contributed by atoms with van der Waals surface area (Å²) in [5.41, 5.74) is 10.4. The van der Waals surface area contributed by atoms with Crippen LogP contribution < -0.4 is 0 Å². The van der Waals surface area contributed by atoms with Crippen molar-refractivity contribution >= 4 is 22.0 Å². The van der Waals surface area contributed by atoms with Crippen molar-refractivity contribution in [1.82, 2.24) is 20.2 Å². The van der Waals surface area contributed by atoms with E-state index in [0.29, 0.717) is 0 Å². The van der Waals surface area contributed by atoms with Gasteiger partial charge in [-0.05, 0) is 56.0 Å². The molecule has 0 spiro atoms. The molecule has 0 saturated carbocycles. The van der Waals surface area contributed by atoms with Crippen LogP contribution in [0.15, 0.2) is 91.2 Å². The number of aromatic amines is 2. The first-order valence-corrected chi connectivity index (χ1v) is 10.8. The van der Waals surface area contributed by atoms with Gasteiger partial charge in [-0.15, -0.1) is 0 Å². The topological polar surface area (TPSA) is 57.4 Å². The van der Waals surface area contributed by atoms with E-state index < -0.39 is 0 Å². The molecule has 0 fully saturated rings. The lowest BCUT2D eigenvalue weighted by Gasteiger charge is -2.06. The Morgan fingerprint density at radius 1 is 1.22 bits per heavy atom. The Morgan fingerprint density at radius 3 is 2.75 bits per heavy atom. The highest BCUT2D eigenvalue weighted by atomic mass is 15.1. The number of aryl methyl sites for hydroxylation is 1. The number of nitrogens with one attached hydrogen (secondary N) is 2. The SMILES string of the molecule is C=C/C=C(/C1=CCC=C1)c1cc(-c2n[nH]c3cnc(C(/C=C(/C)C=C)=C/C)cc23)[nH]c1C. The third kappa shape index (κ3) is 4.00. The first-order chi connectivity index (χ1) is 15.5. The predicted octanol–water partition coefficient (Wildman–Crippen LogP) is 7.25. The molecule has 0 unspecified atom stereocenters. The molecule has 1 aliphatic rings. The van der Waals surface area contributed by atoms with Crippen molar-refractivity contribution in [2.75, 3.05) is 0 Å². The third-order valence-electron chi connectivity index (χ3n) is 5.69. The molecule has 160 valence electrons. The molecular formula is C28H28N4. The van der Waals surface area contributed by atoms with Gasteiger partial charge in [0.05, 0.1) is 23.1 Å². The van der Waals surface area contributed by atoms with E-state index in [9.17, 15) is 0 Å². The lowest BCUT2D eigenvalue weighted by atomic mass is 9.98. The summed E-state index contributed by atoms with van der Waals surface area (Å²) in [5, 5.41) is 8.76. The Kier molecular flexibility index (Phi) is 6.04. The largest absolute Gasteiger partial charge is 0.357 e. The van der Waals surface area contributed by atoms with Gasteiger partial charge in [-0.1, -0.05) is 67.3 Å². The van der Waals surface area contributed by atoms with Crippen molar-refractivity contribution in [2.24, 2.45) is 0 Å². The average Bonchev–Trinajstić information content (AvgIpc) is 3.55. The van der Waals surface area contributed by atoms with Gasteiger partial charge >= 0.3 is 0 Å². The Morgan fingerprint density at radius 2 is 2.06 bits per heavy atom. The van der Waals surface area contributed by atoms with Gasteiger partial charge < -0.3 is 4.98 Å². The maximum absolute atomic E-state index is 4.64. The van der Waals surface area contributed by atoms with Crippen LogP contribution >= 0.6 is 0 Å². The van der Waals surface area contributed by atoms with Gasteiger partial charge in [-0.3, -0.25) is 10.1 Å². The molecule has 0 saturated heterocycles. The van der Waals surface area contributed by atoms with E-state index >= 15 is 0 Å². The molecule has 0 aromatic carbocycles. The first kappa shape index (κ1) is 21.3. The fourth-order valence-electron chi connectivity index (χ4n) is 3.97. The smallest absolute Gasteiger partial charge is 0.116 e. The molecule has 2 N–H and O–H groups in total. The zero-order valence-corrected chi connectivity index (χ0v) is 18.9. The average molecular weight is 421 g/mol. The van der Waals surface area contributed by atoms with Crippen LogP contribution in [0.2, 0.25) is 0 Å². The molecule has 4 nitrogen and oxygen atoms in total. The molecule has 3 aromatic rings. The fourth-order valence-corrected chi connectivity index (χ4v) is 3.97. The highest BCUT2D eigenvalue weighted by molar-refractivity contribution is 5.95. The maximum atomic E-state index is 4.64. The number of nitrogens with zero attached hydrogens (tertiary/aromatic N) is 2. The van der Waals surface area contributed by atoms with E-state index in [2.05, 4.69) is 88.8 Å². The molecule has 0 radical (unpaired) electrons. The summed E-state index contributed by atoms with van der Waals surface area (Å²) in [6.07, 6.45) is 19.3. The molecule has 3 heterocycles. The lowest BCUT2D eigenvalue weighted by molar-refractivity contribution is 1.11. The third-order valence-corrected chi connectivity index (χ3v) is 5.69. The van der Waals surface area contributed by atoms with Crippen LogP contribution in [0, 0.1) is 6.92 Å². The zero-order chi connectivity index (χ0) is 22.7. The molecule has 0 atom stereocenters. The number of aromatic nitrogens is 4. The van der Waals surface area contributed by atoms with Gasteiger partial charge in [0.15, 0.2) is 0 Å². The summed E-state index contributed by atoms with van der Waals surface area (Å²) in [7, 11) is 0. The van der Waals surface area contributed by atoms with Crippen LogP contribution in [0.4, 0.5) is 0 Å². The minimum Gasteiger partial charge on any atom is -0.357 e. The van der Waals surface area contributed by atoms with Crippen LogP contribution in [0.5, 0.6) is 0 Å². The summed E-state index contributed by atoms with van der Waals surface area (Å²) >= 11 is 0. The van der Waals surface area contributed by atoms with Gasteiger partial charge in [0, 0.05) is 16.6 Å². The molecule has 0 aliphatic heterocycles. The van der Waals surface area contributed by atoms with Crippen molar-refractivity contribution in [3.8, 4) is 11.4 Å². The Balaban J connectivity index is 1.80. The standard InChI is InChI=1S/C28H28N4/c1-6-11-22(21-12-9-10-13-21)23-15-26(30-19(23)5)28-24-16-25(29-17-27(24)31-32-28)20(8-3)14-18(4)7-2/h6-9,11-17,30H,1-2,10H2,3-5H3,(H,31,32)/b18-14-,20-8+,22-11-. The quantitative estimate of drug-likeness (QED) is 0.395. The number of hydrogen-bond acceptors (Lipinski definition) is 2. The van der Waals surface area contributed by atoms with Gasteiger partial charge in [-0.2, -0.15) is 5.10 Å². The molecule has 3 aromatic heterocycles. The van der Waals surface area contributed by atoms with Crippen LogP contribution in [0.3, 0.4) is 0 Å². The summed E-state index contributed by atoms with van der Waals surface area (Å²) in [4.78, 5) is 8.17. The van der Waals surface area contributed by atoms with Gasteiger partial charge in [0.25, 0.3) is 0 Å². The number of rotatable bonds is 7. The van der Waals surface area contributed by atoms with Crippen LogP contribution in [-0.4, -0.2) is 20.2 Å². The number of hydrogen-bond donors (Lipinski definition) is 2. The minimum absolute atomic E-state index is 0.881. The van der Waals surface area contributed by atoms with Crippen molar-refractivity contribution in [2.45, 2.75) is 27.2 Å². The molecule has 32 heavy (non-hydrogen) atoms. The van der Waals surface area contributed by atoms with E-state index in [1.54, 1.807) is 0 Å². The normalized spacial score (nSPS) is 14.8. The second-order valence-electron chi connectivity index (χ2n) is 7.86. The maximum Gasteiger partial charge on any atom is 0.116 e. The van der Waals surface area contributed by atoms with Crippen molar-refractivity contribution in [1.29, 1.82) is 0 Å². The summed E-state index contributed by atoms with van der Waals surface area (Å²) in [6.45, 7) is 13.9. The predicted molar refractivity (Wildman–Crippen MR) is 136 cm³/mol. The molecule has 0 bridgehead atoms. The Bertz CT molecular complexity index is 1350.